The molecule has 0 nitrogen and oxygen atoms in total. The topological polar surface area (TPSA) is 0 Å². The third-order valence-electron chi connectivity index (χ3n) is 5.48. The smallest absolute Gasteiger partial charge is 0.0104 e. The average molecular weight is 324 g/mol. The number of benzene rings is 3. The zero-order valence-corrected chi connectivity index (χ0v) is 15.0. The van der Waals surface area contributed by atoms with Crippen LogP contribution in [-0.2, 0) is 12.8 Å². The summed E-state index contributed by atoms with van der Waals surface area (Å²) in [5, 5.41) is 0. The minimum absolute atomic E-state index is 0.484. The summed E-state index contributed by atoms with van der Waals surface area (Å²) in [6.07, 6.45) is 2.12. The number of hydrogen-bond donors (Lipinski definition) is 0. The number of rotatable bonds is 4. The summed E-state index contributed by atoms with van der Waals surface area (Å²) in [4.78, 5) is 0. The van der Waals surface area contributed by atoms with E-state index >= 15 is 0 Å². The highest BCUT2D eigenvalue weighted by Crippen LogP contribution is 2.46. The zero-order valence-electron chi connectivity index (χ0n) is 15.0. The van der Waals surface area contributed by atoms with Crippen molar-refractivity contribution in [3.05, 3.63) is 112 Å². The Hall–Kier alpha value is -2.60. The second-order valence-electron chi connectivity index (χ2n) is 7.09. The molecule has 0 bridgehead atoms. The summed E-state index contributed by atoms with van der Waals surface area (Å²) in [6.45, 7) is 4.56. The monoisotopic (exact) mass is 324 g/mol. The van der Waals surface area contributed by atoms with E-state index in [0.717, 1.165) is 12.8 Å². The number of aryl methyl sites for hydroxylation is 1. The van der Waals surface area contributed by atoms with Gasteiger partial charge in [0, 0.05) is 5.92 Å². The molecule has 0 heteroatoms. The molecule has 0 aliphatic heterocycles. The van der Waals surface area contributed by atoms with Crippen molar-refractivity contribution in [1.29, 1.82) is 0 Å². The summed E-state index contributed by atoms with van der Waals surface area (Å²) in [5.74, 6) is 0.484. The van der Waals surface area contributed by atoms with E-state index < -0.39 is 0 Å². The fourth-order valence-corrected chi connectivity index (χ4v) is 4.26. The van der Waals surface area contributed by atoms with Gasteiger partial charge in [-0.2, -0.15) is 0 Å². The SMILES string of the molecule is CC1=C(Cc2ccccc2)C(Cc2ccccc2)c2cccc(C)c21. The lowest BCUT2D eigenvalue weighted by atomic mass is 9.86. The first-order valence-corrected chi connectivity index (χ1v) is 9.11. The first kappa shape index (κ1) is 15.9. The average Bonchev–Trinajstić information content (AvgIpc) is 2.90. The lowest BCUT2D eigenvalue weighted by Crippen LogP contribution is -2.06. The molecule has 0 fully saturated rings. The van der Waals surface area contributed by atoms with E-state index in [2.05, 4.69) is 92.7 Å². The Kier molecular flexibility index (Phi) is 4.28. The minimum atomic E-state index is 0.484. The van der Waals surface area contributed by atoms with Crippen LogP contribution < -0.4 is 0 Å². The number of hydrogen-bond acceptors (Lipinski definition) is 0. The van der Waals surface area contributed by atoms with Crippen LogP contribution in [0.2, 0.25) is 0 Å². The van der Waals surface area contributed by atoms with Gasteiger partial charge in [0.1, 0.15) is 0 Å². The molecule has 0 amide bonds. The van der Waals surface area contributed by atoms with E-state index in [0.29, 0.717) is 5.92 Å². The van der Waals surface area contributed by atoms with E-state index in [1.54, 1.807) is 5.57 Å². The Morgan fingerprint density at radius 2 is 1.32 bits per heavy atom. The normalized spacial score (nSPS) is 16.2. The highest BCUT2D eigenvalue weighted by atomic mass is 14.3. The molecule has 4 rings (SSSR count). The maximum absolute atomic E-state index is 2.33. The van der Waals surface area contributed by atoms with E-state index in [1.165, 1.54) is 33.4 Å². The molecule has 1 atom stereocenters. The van der Waals surface area contributed by atoms with Crippen LogP contribution in [0.5, 0.6) is 0 Å². The van der Waals surface area contributed by atoms with Crippen LogP contribution in [0.15, 0.2) is 84.4 Å². The highest BCUT2D eigenvalue weighted by molar-refractivity contribution is 5.79. The fourth-order valence-electron chi connectivity index (χ4n) is 4.26. The number of allylic oxidation sites excluding steroid dienone is 2. The van der Waals surface area contributed by atoms with Crippen LogP contribution in [-0.4, -0.2) is 0 Å². The van der Waals surface area contributed by atoms with Crippen LogP contribution in [0.1, 0.15) is 40.7 Å². The van der Waals surface area contributed by atoms with Crippen LogP contribution in [0, 0.1) is 6.92 Å². The molecule has 0 heterocycles. The van der Waals surface area contributed by atoms with Gasteiger partial charge in [-0.25, -0.2) is 0 Å². The van der Waals surface area contributed by atoms with Crippen molar-refractivity contribution < 1.29 is 0 Å². The third-order valence-corrected chi connectivity index (χ3v) is 5.48. The van der Waals surface area contributed by atoms with Gasteiger partial charge in [0.25, 0.3) is 0 Å². The molecule has 3 aromatic rings. The van der Waals surface area contributed by atoms with E-state index in [9.17, 15) is 0 Å². The number of fused-ring (bicyclic) bond motifs is 1. The molecule has 1 aliphatic carbocycles. The highest BCUT2D eigenvalue weighted by Gasteiger charge is 2.30. The van der Waals surface area contributed by atoms with Crippen LogP contribution >= 0.6 is 0 Å². The standard InChI is InChI=1S/C25H24/c1-18-10-9-15-22-24(17-21-13-7-4-8-14-21)23(19(2)25(18)22)16-20-11-5-3-6-12-20/h3-15,24H,16-17H2,1-2H3. The molecule has 0 spiro atoms. The molecule has 124 valence electrons. The molecule has 0 saturated heterocycles. The van der Waals surface area contributed by atoms with Crippen molar-refractivity contribution in [3.63, 3.8) is 0 Å². The van der Waals surface area contributed by atoms with Gasteiger partial charge >= 0.3 is 0 Å². The van der Waals surface area contributed by atoms with Crippen LogP contribution in [0.3, 0.4) is 0 Å². The molecule has 1 unspecified atom stereocenters. The van der Waals surface area contributed by atoms with Crippen molar-refractivity contribution in [2.24, 2.45) is 0 Å². The van der Waals surface area contributed by atoms with Crippen LogP contribution in [0.25, 0.3) is 5.57 Å². The quantitative estimate of drug-likeness (QED) is 0.524. The maximum atomic E-state index is 2.33. The van der Waals surface area contributed by atoms with Gasteiger partial charge in [-0.1, -0.05) is 84.4 Å². The van der Waals surface area contributed by atoms with Gasteiger partial charge in [-0.05, 0) is 60.1 Å². The zero-order chi connectivity index (χ0) is 17.2. The molecule has 25 heavy (non-hydrogen) atoms. The van der Waals surface area contributed by atoms with Gasteiger partial charge in [-0.15, -0.1) is 0 Å². The Labute approximate surface area is 150 Å². The fraction of sp³-hybridized carbons (Fsp3) is 0.200. The van der Waals surface area contributed by atoms with Gasteiger partial charge in [0.2, 0.25) is 0 Å². The summed E-state index contributed by atoms with van der Waals surface area (Å²) in [7, 11) is 0. The molecular weight excluding hydrogens is 300 g/mol. The van der Waals surface area contributed by atoms with Gasteiger partial charge in [-0.3, -0.25) is 0 Å². The molecule has 0 saturated carbocycles. The Morgan fingerprint density at radius 1 is 0.680 bits per heavy atom. The van der Waals surface area contributed by atoms with Crippen molar-refractivity contribution in [2.45, 2.75) is 32.6 Å². The van der Waals surface area contributed by atoms with E-state index in [4.69, 9.17) is 0 Å². The molecule has 0 aromatic heterocycles. The lowest BCUT2D eigenvalue weighted by molar-refractivity contribution is 0.778. The predicted molar refractivity (Wildman–Crippen MR) is 107 cm³/mol. The molecular formula is C25H24. The summed E-state index contributed by atoms with van der Waals surface area (Å²) in [5.41, 5.74) is 10.3. The molecule has 3 aromatic carbocycles. The summed E-state index contributed by atoms with van der Waals surface area (Å²) >= 11 is 0. The minimum Gasteiger partial charge on any atom is -0.0622 e. The molecule has 0 radical (unpaired) electrons. The van der Waals surface area contributed by atoms with Gasteiger partial charge in [0.05, 0.1) is 0 Å². The van der Waals surface area contributed by atoms with Crippen molar-refractivity contribution in [1.82, 2.24) is 0 Å². The lowest BCUT2D eigenvalue weighted by Gasteiger charge is -2.18. The maximum Gasteiger partial charge on any atom is 0.0104 e. The second kappa shape index (κ2) is 6.72. The van der Waals surface area contributed by atoms with Crippen molar-refractivity contribution >= 4 is 5.57 Å². The summed E-state index contributed by atoms with van der Waals surface area (Å²) in [6, 6.07) is 28.6. The van der Waals surface area contributed by atoms with E-state index in [-0.39, 0.29) is 0 Å². The second-order valence-corrected chi connectivity index (χ2v) is 7.09. The summed E-state index contributed by atoms with van der Waals surface area (Å²) < 4.78 is 0. The van der Waals surface area contributed by atoms with Crippen LogP contribution in [0.4, 0.5) is 0 Å². The third kappa shape index (κ3) is 3.05. The van der Waals surface area contributed by atoms with Crippen molar-refractivity contribution in [3.8, 4) is 0 Å². The largest absolute Gasteiger partial charge is 0.0622 e. The predicted octanol–water partition coefficient (Wildman–Crippen LogP) is 6.35. The first-order chi connectivity index (χ1) is 12.2. The first-order valence-electron chi connectivity index (χ1n) is 9.11. The molecule has 0 N–H and O–H groups in total. The Morgan fingerprint density at radius 3 is 2.00 bits per heavy atom. The molecule has 1 aliphatic rings. The van der Waals surface area contributed by atoms with E-state index in [1.807, 2.05) is 0 Å². The van der Waals surface area contributed by atoms with Crippen molar-refractivity contribution in [2.75, 3.05) is 0 Å². The van der Waals surface area contributed by atoms with Gasteiger partial charge < -0.3 is 0 Å². The Bertz CT molecular complexity index is 901. The Balaban J connectivity index is 1.77. The van der Waals surface area contributed by atoms with Gasteiger partial charge in [0.15, 0.2) is 0 Å².